The number of aryl methyl sites for hydroxylation is 1. The Bertz CT molecular complexity index is 589. The number of nitrogens with one attached hydrogen (secondary N) is 3. The Hall–Kier alpha value is -2.49. The zero-order chi connectivity index (χ0) is 18.8. The Morgan fingerprint density at radius 2 is 1.56 bits per heavy atom. The summed E-state index contributed by atoms with van der Waals surface area (Å²) in [6, 6.07) is 6.83. The lowest BCUT2D eigenvalue weighted by Gasteiger charge is -2.13. The van der Waals surface area contributed by atoms with Crippen LogP contribution in [0, 0.1) is 6.92 Å². The minimum absolute atomic E-state index is 0.309. The van der Waals surface area contributed by atoms with E-state index in [0.717, 1.165) is 11.1 Å². The normalized spacial score (nSPS) is 11.7. The van der Waals surface area contributed by atoms with Crippen molar-refractivity contribution in [2.24, 2.45) is 5.73 Å². The molecular weight excluding hydrogens is 328 g/mol. The van der Waals surface area contributed by atoms with E-state index in [9.17, 15) is 14.4 Å². The Kier molecular flexibility index (Phi) is 8.54. The van der Waals surface area contributed by atoms with E-state index in [1.54, 1.807) is 0 Å². The van der Waals surface area contributed by atoms with E-state index in [1.807, 2.05) is 31.2 Å². The molecule has 1 atom stereocenters. The van der Waals surface area contributed by atoms with Crippen molar-refractivity contribution in [1.82, 2.24) is 16.0 Å². The van der Waals surface area contributed by atoms with Gasteiger partial charge < -0.3 is 31.9 Å². The average molecular weight is 352 g/mol. The van der Waals surface area contributed by atoms with Crippen LogP contribution < -0.4 is 21.7 Å². The minimum atomic E-state index is -1.66. The monoisotopic (exact) mass is 352 g/mol. The van der Waals surface area contributed by atoms with E-state index in [4.69, 9.17) is 15.9 Å². The first-order valence-electron chi connectivity index (χ1n) is 7.76. The molecule has 1 unspecified atom stereocenters. The van der Waals surface area contributed by atoms with E-state index in [2.05, 4.69) is 16.0 Å². The quantitative estimate of drug-likeness (QED) is 0.271. The van der Waals surface area contributed by atoms with E-state index in [1.165, 1.54) is 0 Å². The van der Waals surface area contributed by atoms with Crippen LogP contribution in [-0.4, -0.2) is 59.9 Å². The number of aliphatic hydroxyl groups is 2. The molecule has 3 amide bonds. The first kappa shape index (κ1) is 20.6. The van der Waals surface area contributed by atoms with Crippen LogP contribution in [0.25, 0.3) is 0 Å². The summed E-state index contributed by atoms with van der Waals surface area (Å²) in [5.41, 5.74) is 7.83. The first-order valence-corrected chi connectivity index (χ1v) is 7.76. The summed E-state index contributed by atoms with van der Waals surface area (Å²) >= 11 is 0. The Morgan fingerprint density at radius 3 is 2.16 bits per heavy atom. The van der Waals surface area contributed by atoms with Crippen LogP contribution in [0.3, 0.4) is 0 Å². The molecule has 0 radical (unpaired) electrons. The Labute approximate surface area is 145 Å². The van der Waals surface area contributed by atoms with Crippen LogP contribution in [0.4, 0.5) is 0 Å². The van der Waals surface area contributed by atoms with Crippen LogP contribution >= 0.6 is 0 Å². The molecule has 9 heteroatoms. The fourth-order valence-corrected chi connectivity index (χ4v) is 1.88. The van der Waals surface area contributed by atoms with Crippen molar-refractivity contribution >= 4 is 17.7 Å². The van der Waals surface area contributed by atoms with Crippen LogP contribution in [0.5, 0.6) is 0 Å². The van der Waals surface area contributed by atoms with E-state index >= 15 is 0 Å². The molecule has 7 N–H and O–H groups in total. The van der Waals surface area contributed by atoms with Crippen molar-refractivity contribution in [3.8, 4) is 0 Å². The van der Waals surface area contributed by atoms with E-state index in [0.29, 0.717) is 6.42 Å². The smallest absolute Gasteiger partial charge is 0.239 e. The molecule has 0 fully saturated rings. The second-order valence-electron chi connectivity index (χ2n) is 5.58. The third-order valence-corrected chi connectivity index (χ3v) is 3.26. The highest BCUT2D eigenvalue weighted by Crippen LogP contribution is 2.05. The van der Waals surface area contributed by atoms with Crippen LogP contribution in [-0.2, 0) is 20.8 Å². The van der Waals surface area contributed by atoms with Gasteiger partial charge in [0.1, 0.15) is 0 Å². The summed E-state index contributed by atoms with van der Waals surface area (Å²) in [5, 5.41) is 24.1. The first-order chi connectivity index (χ1) is 11.8. The van der Waals surface area contributed by atoms with Gasteiger partial charge in [-0.05, 0) is 18.9 Å². The third-order valence-electron chi connectivity index (χ3n) is 3.26. The molecule has 0 aromatic heterocycles. The fraction of sp³-hybridized carbons (Fsp3) is 0.438. The molecule has 9 nitrogen and oxygen atoms in total. The lowest BCUT2D eigenvalue weighted by molar-refractivity contribution is -0.128. The highest BCUT2D eigenvalue weighted by Gasteiger charge is 2.15. The number of aliphatic hydroxyl groups excluding tert-OH is 1. The summed E-state index contributed by atoms with van der Waals surface area (Å²) in [7, 11) is 0. The van der Waals surface area contributed by atoms with Gasteiger partial charge in [-0.15, -0.1) is 0 Å². The molecular formula is C16H24N4O5. The number of amides is 3. The largest absolute Gasteiger partial charge is 0.367 e. The summed E-state index contributed by atoms with van der Waals surface area (Å²) in [6.07, 6.45) is -1.31. The summed E-state index contributed by atoms with van der Waals surface area (Å²) in [6.45, 7) is 0.980. The molecule has 0 spiro atoms. The Balaban J connectivity index is 2.26. The molecule has 1 rings (SSSR count). The summed E-state index contributed by atoms with van der Waals surface area (Å²) in [5.74, 6) is -1.61. The number of nitrogens with two attached hydrogens (primary N) is 1. The molecule has 1 aromatic rings. The molecule has 0 aliphatic rings. The molecule has 0 bridgehead atoms. The molecule has 0 aliphatic heterocycles. The molecule has 0 saturated carbocycles. The number of hydrogen-bond donors (Lipinski definition) is 6. The molecule has 1 aromatic carbocycles. The van der Waals surface area contributed by atoms with Gasteiger partial charge in [0, 0.05) is 0 Å². The highest BCUT2D eigenvalue weighted by atomic mass is 16.5. The second kappa shape index (κ2) is 10.4. The van der Waals surface area contributed by atoms with Crippen molar-refractivity contribution in [2.45, 2.75) is 25.7 Å². The maximum Gasteiger partial charge on any atom is 0.239 e. The number of carbonyl (C=O) groups excluding carboxylic acids is 3. The topological polar surface area (TPSA) is 154 Å². The van der Waals surface area contributed by atoms with Crippen LogP contribution in [0.2, 0.25) is 0 Å². The predicted molar refractivity (Wildman–Crippen MR) is 90.1 cm³/mol. The van der Waals surface area contributed by atoms with Gasteiger partial charge >= 0.3 is 0 Å². The second-order valence-corrected chi connectivity index (χ2v) is 5.58. The summed E-state index contributed by atoms with van der Waals surface area (Å²) < 4.78 is 0. The maximum absolute atomic E-state index is 11.9. The van der Waals surface area contributed by atoms with Crippen molar-refractivity contribution < 1.29 is 24.6 Å². The number of rotatable bonds is 9. The van der Waals surface area contributed by atoms with Crippen molar-refractivity contribution in [3.05, 3.63) is 35.4 Å². The minimum Gasteiger partial charge on any atom is -0.367 e. The van der Waals surface area contributed by atoms with E-state index in [-0.39, 0.29) is 19.6 Å². The third kappa shape index (κ3) is 8.80. The zero-order valence-corrected chi connectivity index (χ0v) is 14.0. The standard InChI is InChI=1S/C16H24N4O5/c1-10-2-4-11(5-3-10)6-12(17)16(25)20-8-14(22)18-7-13(21)19-9-15(23)24/h2-5,12,15,23-24H,6-9,17H2,1H3,(H,18,22)(H,19,21)(H,20,25). The fourth-order valence-electron chi connectivity index (χ4n) is 1.88. The van der Waals surface area contributed by atoms with Crippen molar-refractivity contribution in [1.29, 1.82) is 0 Å². The highest BCUT2D eigenvalue weighted by molar-refractivity contribution is 5.89. The number of benzene rings is 1. The van der Waals surface area contributed by atoms with Gasteiger partial charge in [0.25, 0.3) is 0 Å². The van der Waals surface area contributed by atoms with Gasteiger partial charge in [-0.25, -0.2) is 0 Å². The Morgan fingerprint density at radius 1 is 1.00 bits per heavy atom. The van der Waals surface area contributed by atoms with Crippen LogP contribution in [0.15, 0.2) is 24.3 Å². The number of hydrogen-bond acceptors (Lipinski definition) is 6. The van der Waals surface area contributed by atoms with Crippen LogP contribution in [0.1, 0.15) is 11.1 Å². The maximum atomic E-state index is 11.9. The zero-order valence-electron chi connectivity index (χ0n) is 14.0. The van der Waals surface area contributed by atoms with Gasteiger partial charge in [-0.2, -0.15) is 0 Å². The average Bonchev–Trinajstić information content (AvgIpc) is 2.57. The van der Waals surface area contributed by atoms with Gasteiger partial charge in [0.05, 0.1) is 25.7 Å². The van der Waals surface area contributed by atoms with E-state index < -0.39 is 30.1 Å². The SMILES string of the molecule is Cc1ccc(CC(N)C(=O)NCC(=O)NCC(=O)NCC(O)O)cc1. The molecule has 25 heavy (non-hydrogen) atoms. The van der Waals surface area contributed by atoms with Crippen molar-refractivity contribution in [2.75, 3.05) is 19.6 Å². The number of carbonyl (C=O) groups is 3. The van der Waals surface area contributed by atoms with Crippen molar-refractivity contribution in [3.63, 3.8) is 0 Å². The van der Waals surface area contributed by atoms with Gasteiger partial charge in [-0.1, -0.05) is 29.8 Å². The lowest BCUT2D eigenvalue weighted by Crippen LogP contribution is -2.47. The van der Waals surface area contributed by atoms with Gasteiger partial charge in [-0.3, -0.25) is 14.4 Å². The predicted octanol–water partition coefficient (Wildman–Crippen LogP) is -2.48. The van der Waals surface area contributed by atoms with Gasteiger partial charge in [0.15, 0.2) is 6.29 Å². The molecule has 0 heterocycles. The molecule has 0 saturated heterocycles. The molecule has 138 valence electrons. The van der Waals surface area contributed by atoms with Gasteiger partial charge in [0.2, 0.25) is 17.7 Å². The summed E-state index contributed by atoms with van der Waals surface area (Å²) in [4.78, 5) is 34.7. The molecule has 0 aliphatic carbocycles. The lowest BCUT2D eigenvalue weighted by atomic mass is 10.0.